The number of amides is 2. The molecule has 0 aliphatic heterocycles. The lowest BCUT2D eigenvalue weighted by molar-refractivity contribution is 0.0962. The zero-order valence-corrected chi connectivity index (χ0v) is 13.0. The Bertz CT molecular complexity index is 766. The number of hydrogen-bond acceptors (Lipinski definition) is 4. The molecule has 2 N–H and O–H groups in total. The van der Waals surface area contributed by atoms with E-state index in [9.17, 15) is 14.4 Å². The molecule has 1 aromatic heterocycles. The van der Waals surface area contributed by atoms with Gasteiger partial charge in [-0.05, 0) is 36.8 Å². The van der Waals surface area contributed by atoms with Crippen LogP contribution in [0.25, 0.3) is 0 Å². The Labute approximate surface area is 133 Å². The van der Waals surface area contributed by atoms with E-state index >= 15 is 0 Å². The summed E-state index contributed by atoms with van der Waals surface area (Å²) in [5, 5.41) is 9.25. The van der Waals surface area contributed by atoms with Gasteiger partial charge in [0.05, 0.1) is 0 Å². The Balaban J connectivity index is 2.14. The Kier molecular flexibility index (Phi) is 5.24. The summed E-state index contributed by atoms with van der Waals surface area (Å²) in [6.45, 7) is 2.38. The molecule has 0 atom stereocenters. The quantitative estimate of drug-likeness (QED) is 0.869. The molecule has 2 rings (SSSR count). The number of aryl methyl sites for hydroxylation is 1. The Morgan fingerprint density at radius 3 is 2.39 bits per heavy atom. The molecule has 2 aromatic rings. The predicted molar refractivity (Wildman–Crippen MR) is 86.6 cm³/mol. The van der Waals surface area contributed by atoms with Gasteiger partial charge in [-0.2, -0.15) is 5.10 Å². The molecule has 0 saturated carbocycles. The first-order valence-electron chi connectivity index (χ1n) is 7.26. The molecule has 7 nitrogen and oxygen atoms in total. The van der Waals surface area contributed by atoms with Crippen LogP contribution in [0.5, 0.6) is 0 Å². The lowest BCUT2D eigenvalue weighted by atomic mass is 10.2. The molecule has 0 aliphatic rings. The number of carbonyl (C=O) groups is 2. The average molecular weight is 314 g/mol. The van der Waals surface area contributed by atoms with E-state index in [1.807, 2.05) is 6.92 Å². The summed E-state index contributed by atoms with van der Waals surface area (Å²) in [5.74, 6) is -0.612. The third kappa shape index (κ3) is 4.03. The first kappa shape index (κ1) is 16.4. The van der Waals surface area contributed by atoms with E-state index in [1.54, 1.807) is 31.3 Å². The molecule has 1 aromatic carbocycles. The summed E-state index contributed by atoms with van der Waals surface area (Å²) < 4.78 is 1.27. The third-order valence-electron chi connectivity index (χ3n) is 3.17. The molecule has 120 valence electrons. The summed E-state index contributed by atoms with van der Waals surface area (Å²) in [4.78, 5) is 35.3. The first-order chi connectivity index (χ1) is 11.0. The van der Waals surface area contributed by atoms with Crippen LogP contribution in [-0.4, -0.2) is 28.6 Å². The van der Waals surface area contributed by atoms with E-state index in [0.717, 1.165) is 6.42 Å². The van der Waals surface area contributed by atoms with Crippen molar-refractivity contribution in [3.63, 3.8) is 0 Å². The Morgan fingerprint density at radius 1 is 1.09 bits per heavy atom. The Hall–Kier alpha value is -2.96. The van der Waals surface area contributed by atoms with Gasteiger partial charge >= 0.3 is 0 Å². The number of nitrogens with zero attached hydrogens (tertiary/aromatic N) is 2. The molecule has 0 fully saturated rings. The van der Waals surface area contributed by atoms with Crippen molar-refractivity contribution in [2.75, 3.05) is 12.4 Å². The van der Waals surface area contributed by atoms with Gasteiger partial charge in [-0.15, -0.1) is 0 Å². The molecule has 2 amide bonds. The molecular formula is C16H18N4O3. The van der Waals surface area contributed by atoms with Gasteiger partial charge in [0.2, 0.25) is 0 Å². The number of anilines is 1. The fraction of sp³-hybridized carbons (Fsp3) is 0.250. The minimum absolute atomic E-state index is 0.161. The van der Waals surface area contributed by atoms with Gasteiger partial charge in [-0.1, -0.05) is 6.92 Å². The van der Waals surface area contributed by atoms with Crippen molar-refractivity contribution < 1.29 is 9.59 Å². The van der Waals surface area contributed by atoms with Gasteiger partial charge in [0.15, 0.2) is 0 Å². The number of nitrogens with one attached hydrogen (secondary N) is 2. The largest absolute Gasteiger partial charge is 0.355 e. The maximum absolute atomic E-state index is 12.2. The SMILES string of the molecule is CCCn1nc(C(=O)Nc2ccc(C(=O)NC)cc2)ccc1=O. The van der Waals surface area contributed by atoms with Crippen molar-refractivity contribution in [1.29, 1.82) is 0 Å². The molecular weight excluding hydrogens is 296 g/mol. The van der Waals surface area contributed by atoms with Crippen LogP contribution in [0.4, 0.5) is 5.69 Å². The molecule has 0 aliphatic carbocycles. The highest BCUT2D eigenvalue weighted by Gasteiger charge is 2.10. The van der Waals surface area contributed by atoms with Gasteiger partial charge in [0.1, 0.15) is 5.69 Å². The van der Waals surface area contributed by atoms with Crippen LogP contribution in [0, 0.1) is 0 Å². The van der Waals surface area contributed by atoms with E-state index in [-0.39, 0.29) is 17.2 Å². The van der Waals surface area contributed by atoms with E-state index in [0.29, 0.717) is 17.8 Å². The van der Waals surface area contributed by atoms with Crippen molar-refractivity contribution in [2.24, 2.45) is 0 Å². The fourth-order valence-electron chi connectivity index (χ4n) is 1.99. The summed E-state index contributed by atoms with van der Waals surface area (Å²) in [5.41, 5.74) is 0.963. The van der Waals surface area contributed by atoms with Crippen molar-refractivity contribution >= 4 is 17.5 Å². The topological polar surface area (TPSA) is 93.1 Å². The standard InChI is InChI=1S/C16H18N4O3/c1-3-10-20-14(21)9-8-13(19-20)16(23)18-12-6-4-11(5-7-12)15(22)17-2/h4-9H,3,10H2,1-2H3,(H,17,22)(H,18,23). The van der Waals surface area contributed by atoms with Crippen LogP contribution >= 0.6 is 0 Å². The van der Waals surface area contributed by atoms with Crippen LogP contribution in [0.15, 0.2) is 41.2 Å². The lowest BCUT2D eigenvalue weighted by Gasteiger charge is -2.07. The molecule has 1 heterocycles. The van der Waals surface area contributed by atoms with Crippen LogP contribution in [0.2, 0.25) is 0 Å². The van der Waals surface area contributed by atoms with Crippen LogP contribution < -0.4 is 16.2 Å². The average Bonchev–Trinajstić information content (AvgIpc) is 2.57. The van der Waals surface area contributed by atoms with E-state index in [1.165, 1.54) is 16.8 Å². The van der Waals surface area contributed by atoms with Gasteiger partial charge in [0.25, 0.3) is 17.4 Å². The highest BCUT2D eigenvalue weighted by Crippen LogP contribution is 2.10. The van der Waals surface area contributed by atoms with E-state index in [4.69, 9.17) is 0 Å². The molecule has 0 unspecified atom stereocenters. The number of carbonyl (C=O) groups excluding carboxylic acids is 2. The van der Waals surface area contributed by atoms with E-state index in [2.05, 4.69) is 15.7 Å². The summed E-state index contributed by atoms with van der Waals surface area (Å²) in [6.07, 6.45) is 0.749. The molecule has 7 heteroatoms. The highest BCUT2D eigenvalue weighted by molar-refractivity contribution is 6.03. The van der Waals surface area contributed by atoms with Crippen LogP contribution in [0.3, 0.4) is 0 Å². The van der Waals surface area contributed by atoms with Crippen molar-refractivity contribution in [2.45, 2.75) is 19.9 Å². The number of hydrogen-bond donors (Lipinski definition) is 2. The van der Waals surface area contributed by atoms with Crippen LogP contribution in [0.1, 0.15) is 34.2 Å². The highest BCUT2D eigenvalue weighted by atomic mass is 16.2. The summed E-state index contributed by atoms with van der Waals surface area (Å²) in [6, 6.07) is 9.20. The van der Waals surface area contributed by atoms with Gasteiger partial charge in [0, 0.05) is 30.9 Å². The molecule has 0 spiro atoms. The smallest absolute Gasteiger partial charge is 0.276 e. The Morgan fingerprint density at radius 2 is 1.78 bits per heavy atom. The van der Waals surface area contributed by atoms with Gasteiger partial charge in [-0.25, -0.2) is 4.68 Å². The van der Waals surface area contributed by atoms with Crippen molar-refractivity contribution in [1.82, 2.24) is 15.1 Å². The fourth-order valence-corrected chi connectivity index (χ4v) is 1.99. The second-order valence-electron chi connectivity index (χ2n) is 4.89. The molecule has 0 radical (unpaired) electrons. The third-order valence-corrected chi connectivity index (χ3v) is 3.17. The maximum Gasteiger partial charge on any atom is 0.276 e. The zero-order valence-electron chi connectivity index (χ0n) is 13.0. The van der Waals surface area contributed by atoms with Crippen molar-refractivity contribution in [3.05, 3.63) is 58.0 Å². The monoisotopic (exact) mass is 314 g/mol. The minimum Gasteiger partial charge on any atom is -0.355 e. The van der Waals surface area contributed by atoms with Gasteiger partial charge < -0.3 is 10.6 Å². The van der Waals surface area contributed by atoms with Gasteiger partial charge in [-0.3, -0.25) is 14.4 Å². The summed E-state index contributed by atoms with van der Waals surface area (Å²) in [7, 11) is 1.55. The van der Waals surface area contributed by atoms with Crippen LogP contribution in [-0.2, 0) is 6.54 Å². The second kappa shape index (κ2) is 7.35. The lowest BCUT2D eigenvalue weighted by Crippen LogP contribution is -2.26. The van der Waals surface area contributed by atoms with E-state index < -0.39 is 5.91 Å². The minimum atomic E-state index is -0.414. The number of rotatable bonds is 5. The first-order valence-corrected chi connectivity index (χ1v) is 7.26. The zero-order chi connectivity index (χ0) is 16.8. The van der Waals surface area contributed by atoms with Crippen molar-refractivity contribution in [3.8, 4) is 0 Å². The number of aromatic nitrogens is 2. The normalized spacial score (nSPS) is 10.2. The number of benzene rings is 1. The maximum atomic E-state index is 12.2. The second-order valence-corrected chi connectivity index (χ2v) is 4.89. The molecule has 23 heavy (non-hydrogen) atoms. The molecule has 0 saturated heterocycles. The summed E-state index contributed by atoms with van der Waals surface area (Å²) >= 11 is 0. The molecule has 0 bridgehead atoms. The predicted octanol–water partition coefficient (Wildman–Crippen LogP) is 1.27.